The van der Waals surface area contributed by atoms with Crippen LogP contribution in [0.15, 0.2) is 53.3 Å². The minimum atomic E-state index is -0.0918. The van der Waals surface area contributed by atoms with Crippen LogP contribution in [0.1, 0.15) is 24.1 Å². The number of carbonyl (C=O) groups is 1. The second kappa shape index (κ2) is 9.75. The molecule has 162 valence electrons. The first kappa shape index (κ1) is 21.1. The minimum absolute atomic E-state index is 0.0805. The van der Waals surface area contributed by atoms with Crippen molar-refractivity contribution < 1.29 is 9.53 Å². The van der Waals surface area contributed by atoms with Gasteiger partial charge in [-0.2, -0.15) is 5.10 Å². The van der Waals surface area contributed by atoms with Crippen LogP contribution in [-0.4, -0.2) is 47.3 Å². The maximum atomic E-state index is 12.9. The summed E-state index contributed by atoms with van der Waals surface area (Å²) in [6.07, 6.45) is 2.70. The van der Waals surface area contributed by atoms with Crippen LogP contribution in [0.25, 0.3) is 10.8 Å². The van der Waals surface area contributed by atoms with Gasteiger partial charge in [0.1, 0.15) is 5.75 Å². The number of amides is 1. The van der Waals surface area contributed by atoms with Crippen molar-refractivity contribution >= 4 is 16.7 Å². The van der Waals surface area contributed by atoms with Gasteiger partial charge in [-0.1, -0.05) is 30.3 Å². The second-order valence-electron chi connectivity index (χ2n) is 7.87. The van der Waals surface area contributed by atoms with Gasteiger partial charge < -0.3 is 15.0 Å². The first-order chi connectivity index (χ1) is 15.1. The first-order valence-corrected chi connectivity index (χ1v) is 10.7. The van der Waals surface area contributed by atoms with Crippen LogP contribution in [0.4, 0.5) is 0 Å². The van der Waals surface area contributed by atoms with Gasteiger partial charge in [-0.3, -0.25) is 9.59 Å². The SMILES string of the molecule is COc1ccc(CC(=O)NCc2nn(CCN3CCCC3)c(=O)c3ccccc23)cc1. The zero-order valence-electron chi connectivity index (χ0n) is 17.8. The molecule has 1 fully saturated rings. The lowest BCUT2D eigenvalue weighted by atomic mass is 10.1. The molecule has 1 aliphatic rings. The third-order valence-electron chi connectivity index (χ3n) is 5.75. The second-order valence-corrected chi connectivity index (χ2v) is 7.87. The number of rotatable bonds is 8. The molecule has 3 aromatic rings. The smallest absolute Gasteiger partial charge is 0.274 e. The minimum Gasteiger partial charge on any atom is -0.497 e. The molecule has 1 amide bonds. The Morgan fingerprint density at radius 1 is 1.03 bits per heavy atom. The normalized spacial score (nSPS) is 14.1. The van der Waals surface area contributed by atoms with Crippen LogP contribution in [-0.2, 0) is 24.3 Å². The van der Waals surface area contributed by atoms with Crippen LogP contribution in [0.3, 0.4) is 0 Å². The van der Waals surface area contributed by atoms with Crippen LogP contribution in [0.5, 0.6) is 5.75 Å². The van der Waals surface area contributed by atoms with Gasteiger partial charge in [0.2, 0.25) is 5.91 Å². The summed E-state index contributed by atoms with van der Waals surface area (Å²) in [7, 11) is 1.61. The topological polar surface area (TPSA) is 76.5 Å². The van der Waals surface area contributed by atoms with Crippen molar-refractivity contribution in [3.05, 3.63) is 70.1 Å². The summed E-state index contributed by atoms with van der Waals surface area (Å²) in [6, 6.07) is 14.9. The van der Waals surface area contributed by atoms with Gasteiger partial charge in [0.15, 0.2) is 0 Å². The molecular formula is C24H28N4O3. The highest BCUT2D eigenvalue weighted by Crippen LogP contribution is 2.14. The molecule has 2 heterocycles. The lowest BCUT2D eigenvalue weighted by Crippen LogP contribution is -2.33. The van der Waals surface area contributed by atoms with E-state index in [0.29, 0.717) is 17.6 Å². The van der Waals surface area contributed by atoms with E-state index in [2.05, 4.69) is 15.3 Å². The molecule has 0 radical (unpaired) electrons. The fraction of sp³-hybridized carbons (Fsp3) is 0.375. The summed E-state index contributed by atoms with van der Waals surface area (Å²) < 4.78 is 6.70. The predicted molar refractivity (Wildman–Crippen MR) is 120 cm³/mol. The first-order valence-electron chi connectivity index (χ1n) is 10.7. The molecule has 1 saturated heterocycles. The Morgan fingerprint density at radius 2 is 1.74 bits per heavy atom. The fourth-order valence-corrected chi connectivity index (χ4v) is 4.00. The molecule has 0 atom stereocenters. The lowest BCUT2D eigenvalue weighted by molar-refractivity contribution is -0.120. The molecule has 0 saturated carbocycles. The van der Waals surface area contributed by atoms with E-state index in [0.717, 1.165) is 36.3 Å². The highest BCUT2D eigenvalue weighted by atomic mass is 16.5. The van der Waals surface area contributed by atoms with Crippen LogP contribution < -0.4 is 15.6 Å². The van der Waals surface area contributed by atoms with E-state index in [-0.39, 0.29) is 24.4 Å². The maximum absolute atomic E-state index is 12.9. The van der Waals surface area contributed by atoms with Crippen molar-refractivity contribution in [1.29, 1.82) is 0 Å². The highest BCUT2D eigenvalue weighted by Gasteiger charge is 2.15. The summed E-state index contributed by atoms with van der Waals surface area (Å²) in [6.45, 7) is 3.80. The van der Waals surface area contributed by atoms with Gasteiger partial charge in [0.25, 0.3) is 5.56 Å². The summed E-state index contributed by atoms with van der Waals surface area (Å²) in [5, 5.41) is 8.99. The molecule has 31 heavy (non-hydrogen) atoms. The van der Waals surface area contributed by atoms with Gasteiger partial charge in [0, 0.05) is 11.9 Å². The third kappa shape index (κ3) is 5.11. The average Bonchev–Trinajstić information content (AvgIpc) is 3.32. The van der Waals surface area contributed by atoms with Gasteiger partial charge >= 0.3 is 0 Å². The number of ether oxygens (including phenoxy) is 1. The standard InChI is InChI=1S/C24H28N4O3/c1-31-19-10-8-18(9-11-19)16-23(29)25-17-22-20-6-2-3-7-21(20)24(30)28(26-22)15-14-27-12-4-5-13-27/h2-3,6-11H,4-5,12-17H2,1H3,(H,25,29). The molecule has 7 nitrogen and oxygen atoms in total. The van der Waals surface area contributed by atoms with Crippen molar-refractivity contribution in [1.82, 2.24) is 20.0 Å². The van der Waals surface area contributed by atoms with Crippen molar-refractivity contribution in [3.63, 3.8) is 0 Å². The molecular weight excluding hydrogens is 392 g/mol. The Kier molecular flexibility index (Phi) is 6.62. The van der Waals surface area contributed by atoms with E-state index in [4.69, 9.17) is 4.74 Å². The number of hydrogen-bond donors (Lipinski definition) is 1. The van der Waals surface area contributed by atoms with E-state index < -0.39 is 0 Å². The average molecular weight is 421 g/mol. The quantitative estimate of drug-likeness (QED) is 0.605. The van der Waals surface area contributed by atoms with E-state index in [1.165, 1.54) is 12.8 Å². The Balaban J connectivity index is 1.48. The van der Waals surface area contributed by atoms with E-state index >= 15 is 0 Å². The van der Waals surface area contributed by atoms with Gasteiger partial charge in [-0.25, -0.2) is 4.68 Å². The van der Waals surface area contributed by atoms with Crippen molar-refractivity contribution in [3.8, 4) is 5.75 Å². The van der Waals surface area contributed by atoms with Gasteiger partial charge in [-0.15, -0.1) is 0 Å². The summed E-state index contributed by atoms with van der Waals surface area (Å²) in [4.78, 5) is 27.7. The molecule has 2 aromatic carbocycles. The Bertz CT molecular complexity index is 1100. The number of methoxy groups -OCH3 is 1. The predicted octanol–water partition coefficient (Wildman–Crippen LogP) is 2.36. The summed E-state index contributed by atoms with van der Waals surface area (Å²) in [5.74, 6) is 0.668. The van der Waals surface area contributed by atoms with Crippen LogP contribution in [0, 0.1) is 0 Å². The van der Waals surface area contributed by atoms with E-state index in [1.807, 2.05) is 48.5 Å². The summed E-state index contributed by atoms with van der Waals surface area (Å²) >= 11 is 0. The Labute approximate surface area is 181 Å². The number of aromatic nitrogens is 2. The molecule has 7 heteroatoms. The Morgan fingerprint density at radius 3 is 2.45 bits per heavy atom. The van der Waals surface area contributed by atoms with Crippen LogP contribution in [0.2, 0.25) is 0 Å². The molecule has 4 rings (SSSR count). The molecule has 1 aliphatic heterocycles. The molecule has 0 unspecified atom stereocenters. The number of nitrogens with zero attached hydrogens (tertiary/aromatic N) is 3. The summed E-state index contributed by atoms with van der Waals surface area (Å²) in [5.41, 5.74) is 1.54. The number of benzene rings is 2. The molecule has 0 aliphatic carbocycles. The maximum Gasteiger partial charge on any atom is 0.274 e. The number of likely N-dealkylation sites (tertiary alicyclic amines) is 1. The lowest BCUT2D eigenvalue weighted by Gasteiger charge is -2.16. The molecule has 0 bridgehead atoms. The van der Waals surface area contributed by atoms with Gasteiger partial charge in [-0.05, 0) is 49.7 Å². The fourth-order valence-electron chi connectivity index (χ4n) is 4.00. The van der Waals surface area contributed by atoms with E-state index in [9.17, 15) is 9.59 Å². The van der Waals surface area contributed by atoms with Crippen molar-refractivity contribution in [2.75, 3.05) is 26.7 Å². The number of fused-ring (bicyclic) bond motifs is 1. The van der Waals surface area contributed by atoms with Gasteiger partial charge in [0.05, 0.1) is 37.7 Å². The van der Waals surface area contributed by atoms with Crippen LogP contribution >= 0.6 is 0 Å². The number of nitrogens with one attached hydrogen (secondary N) is 1. The molecule has 1 N–H and O–H groups in total. The Hall–Kier alpha value is -3.19. The largest absolute Gasteiger partial charge is 0.497 e. The molecule has 1 aromatic heterocycles. The van der Waals surface area contributed by atoms with Crippen molar-refractivity contribution in [2.24, 2.45) is 0 Å². The van der Waals surface area contributed by atoms with Crippen molar-refractivity contribution in [2.45, 2.75) is 32.4 Å². The molecule has 0 spiro atoms. The zero-order valence-corrected chi connectivity index (χ0v) is 17.8. The zero-order chi connectivity index (χ0) is 21.6. The number of carbonyl (C=O) groups excluding carboxylic acids is 1. The number of hydrogen-bond acceptors (Lipinski definition) is 5. The highest BCUT2D eigenvalue weighted by molar-refractivity contribution is 5.84. The monoisotopic (exact) mass is 420 g/mol. The third-order valence-corrected chi connectivity index (χ3v) is 5.75. The van der Waals surface area contributed by atoms with E-state index in [1.54, 1.807) is 11.8 Å².